The fourth-order valence-corrected chi connectivity index (χ4v) is 5.12. The highest BCUT2D eigenvalue weighted by molar-refractivity contribution is 14.0. The highest BCUT2D eigenvalue weighted by Crippen LogP contribution is 2.41. The van der Waals surface area contributed by atoms with Gasteiger partial charge in [0.25, 0.3) is 0 Å². The molecular weight excluding hydrogens is 499 g/mol. The fourth-order valence-electron chi connectivity index (χ4n) is 3.93. The van der Waals surface area contributed by atoms with E-state index in [1.54, 1.807) is 7.11 Å². The molecule has 3 atom stereocenters. The van der Waals surface area contributed by atoms with Gasteiger partial charge in [0.1, 0.15) is 5.75 Å². The Bertz CT molecular complexity index is 678. The molecule has 6 nitrogen and oxygen atoms in total. The number of aliphatic imine (C=N–C) groups is 1. The number of ether oxygens (including phenoxy) is 1. The summed E-state index contributed by atoms with van der Waals surface area (Å²) in [5.74, 6) is 2.75. The highest BCUT2D eigenvalue weighted by Gasteiger charge is 2.45. The van der Waals surface area contributed by atoms with Crippen LogP contribution < -0.4 is 20.3 Å². The number of halogens is 1. The third-order valence-corrected chi connectivity index (χ3v) is 7.03. The van der Waals surface area contributed by atoms with E-state index in [9.17, 15) is 5.11 Å². The zero-order valence-corrected chi connectivity index (χ0v) is 20.8. The van der Waals surface area contributed by atoms with Crippen LogP contribution in [0.4, 0.5) is 5.69 Å². The number of nitrogens with one attached hydrogen (secondary N) is 2. The van der Waals surface area contributed by atoms with E-state index in [0.29, 0.717) is 17.8 Å². The van der Waals surface area contributed by atoms with Gasteiger partial charge in [-0.2, -0.15) is 11.8 Å². The molecule has 29 heavy (non-hydrogen) atoms. The van der Waals surface area contributed by atoms with Gasteiger partial charge in [0.05, 0.1) is 24.9 Å². The average molecular weight is 535 g/mol. The summed E-state index contributed by atoms with van der Waals surface area (Å²) in [7, 11) is 1.72. The molecule has 1 aliphatic heterocycles. The third-order valence-electron chi connectivity index (χ3n) is 5.62. The molecule has 0 amide bonds. The van der Waals surface area contributed by atoms with Crippen molar-refractivity contribution in [1.82, 2.24) is 10.6 Å². The summed E-state index contributed by atoms with van der Waals surface area (Å²) in [5.41, 5.74) is 0.488. The van der Waals surface area contributed by atoms with E-state index >= 15 is 0 Å². The van der Waals surface area contributed by atoms with Crippen LogP contribution in [-0.4, -0.2) is 67.0 Å². The number of nitrogens with zero attached hydrogens (tertiary/aromatic N) is 2. The SMILES string of the molecule is CCNC(=NCC1(O)CCC1SCC)NC1CCN(c2ccccc2OC)C1.I. The molecule has 1 saturated carbocycles. The van der Waals surface area contributed by atoms with Crippen molar-refractivity contribution in [3.05, 3.63) is 24.3 Å². The van der Waals surface area contributed by atoms with Crippen LogP contribution in [-0.2, 0) is 0 Å². The Morgan fingerprint density at radius 2 is 2.14 bits per heavy atom. The van der Waals surface area contributed by atoms with Crippen molar-refractivity contribution >= 4 is 47.4 Å². The first-order chi connectivity index (χ1) is 13.6. The lowest BCUT2D eigenvalue weighted by molar-refractivity contribution is -0.0154. The van der Waals surface area contributed by atoms with Gasteiger partial charge in [-0.15, -0.1) is 24.0 Å². The maximum atomic E-state index is 10.8. The minimum absolute atomic E-state index is 0. The van der Waals surface area contributed by atoms with E-state index in [1.807, 2.05) is 30.0 Å². The monoisotopic (exact) mass is 534 g/mol. The van der Waals surface area contributed by atoms with Gasteiger partial charge in [0.15, 0.2) is 5.96 Å². The first-order valence-corrected chi connectivity index (χ1v) is 11.4. The maximum Gasteiger partial charge on any atom is 0.191 e. The number of anilines is 1. The zero-order valence-electron chi connectivity index (χ0n) is 17.7. The average Bonchev–Trinajstić information content (AvgIpc) is 3.17. The summed E-state index contributed by atoms with van der Waals surface area (Å²) >= 11 is 1.85. The normalized spacial score (nSPS) is 26.5. The summed E-state index contributed by atoms with van der Waals surface area (Å²) in [4.78, 5) is 7.08. The van der Waals surface area contributed by atoms with Crippen LogP contribution in [0.1, 0.15) is 33.1 Å². The number of benzene rings is 1. The fraction of sp³-hybridized carbons (Fsp3) is 0.667. The van der Waals surface area contributed by atoms with Crippen molar-refractivity contribution in [1.29, 1.82) is 0 Å². The first-order valence-electron chi connectivity index (χ1n) is 10.4. The molecule has 2 fully saturated rings. The second-order valence-corrected chi connectivity index (χ2v) is 9.01. The van der Waals surface area contributed by atoms with E-state index in [1.165, 1.54) is 0 Å². The van der Waals surface area contributed by atoms with Gasteiger partial charge >= 0.3 is 0 Å². The Morgan fingerprint density at radius 3 is 2.79 bits per heavy atom. The van der Waals surface area contributed by atoms with Gasteiger partial charge < -0.3 is 25.4 Å². The molecule has 8 heteroatoms. The van der Waals surface area contributed by atoms with Crippen molar-refractivity contribution in [2.24, 2.45) is 4.99 Å². The van der Waals surface area contributed by atoms with Gasteiger partial charge in [-0.1, -0.05) is 19.1 Å². The van der Waals surface area contributed by atoms with Crippen LogP contribution in [0.15, 0.2) is 29.3 Å². The highest BCUT2D eigenvalue weighted by atomic mass is 127. The first kappa shape index (κ1) is 24.4. The lowest BCUT2D eigenvalue weighted by atomic mass is 9.79. The second-order valence-electron chi connectivity index (χ2n) is 7.53. The predicted octanol–water partition coefficient (Wildman–Crippen LogP) is 3.09. The summed E-state index contributed by atoms with van der Waals surface area (Å²) in [6.45, 7) is 7.37. The predicted molar refractivity (Wildman–Crippen MR) is 134 cm³/mol. The van der Waals surface area contributed by atoms with E-state index in [-0.39, 0.29) is 24.0 Å². The number of rotatable bonds is 8. The Morgan fingerprint density at radius 1 is 1.34 bits per heavy atom. The topological polar surface area (TPSA) is 69.1 Å². The molecule has 0 aromatic heterocycles. The van der Waals surface area contributed by atoms with E-state index in [2.05, 4.69) is 35.4 Å². The van der Waals surface area contributed by atoms with E-state index < -0.39 is 5.60 Å². The molecule has 3 rings (SSSR count). The minimum atomic E-state index is -0.651. The Balaban J connectivity index is 0.00000300. The molecule has 0 bridgehead atoms. The van der Waals surface area contributed by atoms with Crippen molar-refractivity contribution in [2.45, 2.75) is 50.0 Å². The van der Waals surface area contributed by atoms with Gasteiger partial charge in [-0.25, -0.2) is 0 Å². The molecule has 0 spiro atoms. The molecule has 1 heterocycles. The largest absolute Gasteiger partial charge is 0.495 e. The molecule has 3 N–H and O–H groups in total. The zero-order chi connectivity index (χ0) is 20.0. The minimum Gasteiger partial charge on any atom is -0.495 e. The van der Waals surface area contributed by atoms with Crippen LogP contribution in [0.3, 0.4) is 0 Å². The van der Waals surface area contributed by atoms with Crippen molar-refractivity contribution in [2.75, 3.05) is 43.9 Å². The lowest BCUT2D eigenvalue weighted by Gasteiger charge is -2.44. The van der Waals surface area contributed by atoms with Gasteiger partial charge in [-0.05, 0) is 44.1 Å². The number of methoxy groups -OCH3 is 1. The Kier molecular flexibility index (Phi) is 9.68. The number of thioether (sulfide) groups is 1. The maximum absolute atomic E-state index is 10.8. The third kappa shape index (κ3) is 6.07. The standard InChI is InChI=1S/C21H34N4O2S.HI/c1-4-22-20(23-15-21(26)12-10-19(21)28-5-2)24-16-11-13-25(14-16)17-8-6-7-9-18(17)27-3;/h6-9,16,19,26H,4-5,10-15H2,1-3H3,(H2,22,23,24);1H. The molecular formula is C21H35IN4O2S. The summed E-state index contributed by atoms with van der Waals surface area (Å²) in [6.07, 6.45) is 2.98. The van der Waals surface area contributed by atoms with Gasteiger partial charge in [0.2, 0.25) is 0 Å². The van der Waals surface area contributed by atoms with Gasteiger partial charge in [0, 0.05) is 30.9 Å². The van der Waals surface area contributed by atoms with E-state index in [4.69, 9.17) is 9.73 Å². The molecule has 2 aliphatic rings. The van der Waals surface area contributed by atoms with Crippen LogP contribution in [0, 0.1) is 0 Å². The van der Waals surface area contributed by atoms with Crippen molar-refractivity contribution < 1.29 is 9.84 Å². The quantitative estimate of drug-likeness (QED) is 0.271. The van der Waals surface area contributed by atoms with Crippen molar-refractivity contribution in [3.63, 3.8) is 0 Å². The second kappa shape index (κ2) is 11.5. The van der Waals surface area contributed by atoms with Crippen molar-refractivity contribution in [3.8, 4) is 5.75 Å². The summed E-state index contributed by atoms with van der Waals surface area (Å²) < 4.78 is 5.51. The summed E-state index contributed by atoms with van der Waals surface area (Å²) in [6, 6.07) is 8.48. The molecule has 1 aliphatic carbocycles. The number of aliphatic hydroxyl groups is 1. The summed E-state index contributed by atoms with van der Waals surface area (Å²) in [5, 5.41) is 18.0. The molecule has 1 aromatic rings. The van der Waals surface area contributed by atoms with Crippen LogP contribution in [0.5, 0.6) is 5.75 Å². The Labute approximate surface area is 196 Å². The van der Waals surface area contributed by atoms with E-state index in [0.717, 1.165) is 62.0 Å². The lowest BCUT2D eigenvalue weighted by Crippen LogP contribution is -2.53. The van der Waals surface area contributed by atoms with Crippen LogP contribution >= 0.6 is 35.7 Å². The molecule has 0 radical (unpaired) electrons. The molecule has 1 saturated heterocycles. The number of para-hydroxylation sites is 2. The molecule has 1 aromatic carbocycles. The number of hydrogen-bond donors (Lipinski definition) is 3. The van der Waals surface area contributed by atoms with Gasteiger partial charge in [-0.3, -0.25) is 4.99 Å². The van der Waals surface area contributed by atoms with Crippen LogP contribution in [0.2, 0.25) is 0 Å². The number of guanidine groups is 1. The molecule has 164 valence electrons. The van der Waals surface area contributed by atoms with Crippen LogP contribution in [0.25, 0.3) is 0 Å². The Hall–Kier alpha value is -0.870. The smallest absolute Gasteiger partial charge is 0.191 e. The number of hydrogen-bond acceptors (Lipinski definition) is 5. The molecule has 3 unspecified atom stereocenters.